The topological polar surface area (TPSA) is 78.2 Å². The Bertz CT molecular complexity index is 1450. The molecule has 3 saturated heterocycles. The molecule has 2 bridgehead atoms. The number of nitrogens with zero attached hydrogens (tertiary/aromatic N) is 6. The van der Waals surface area contributed by atoms with E-state index in [-0.39, 0.29) is 0 Å². The van der Waals surface area contributed by atoms with E-state index in [0.29, 0.717) is 53.3 Å². The predicted molar refractivity (Wildman–Crippen MR) is 138 cm³/mol. The van der Waals surface area contributed by atoms with Crippen molar-refractivity contribution in [2.45, 2.75) is 39.2 Å². The van der Waals surface area contributed by atoms with Crippen LogP contribution in [0.15, 0.2) is 36.7 Å². The first-order valence-electron chi connectivity index (χ1n) is 12.9. The van der Waals surface area contributed by atoms with Crippen molar-refractivity contribution in [3.63, 3.8) is 0 Å². The Morgan fingerprint density at radius 1 is 1.08 bits per heavy atom. The largest absolute Gasteiger partial charge is 0.496 e. The third-order valence-corrected chi connectivity index (χ3v) is 7.71. The number of ether oxygens (including phenoxy) is 2. The SMILES string of the molecule is CCOc1nc(C)c2nc(-c3cncc(F)c3)n(Cc3ccc(C4CN5CCC4CC5)cc3OC)c2n1. The van der Waals surface area contributed by atoms with E-state index in [1.54, 1.807) is 13.3 Å². The van der Waals surface area contributed by atoms with Crippen LogP contribution in [-0.4, -0.2) is 62.8 Å². The van der Waals surface area contributed by atoms with Gasteiger partial charge in [0.2, 0.25) is 0 Å². The molecule has 6 heterocycles. The number of benzene rings is 1. The van der Waals surface area contributed by atoms with Crippen LogP contribution in [0.5, 0.6) is 11.8 Å². The smallest absolute Gasteiger partial charge is 0.318 e. The summed E-state index contributed by atoms with van der Waals surface area (Å²) in [6, 6.07) is 8.30. The lowest BCUT2D eigenvalue weighted by Crippen LogP contribution is -2.46. The van der Waals surface area contributed by atoms with E-state index in [4.69, 9.17) is 14.5 Å². The van der Waals surface area contributed by atoms with Gasteiger partial charge in [0.1, 0.15) is 22.9 Å². The zero-order valence-electron chi connectivity index (χ0n) is 21.4. The fourth-order valence-corrected chi connectivity index (χ4v) is 5.85. The van der Waals surface area contributed by atoms with Crippen molar-refractivity contribution in [3.8, 4) is 23.1 Å². The van der Waals surface area contributed by atoms with Crippen LogP contribution >= 0.6 is 0 Å². The Balaban J connectivity index is 1.44. The normalized spacial score (nSPS) is 20.9. The lowest BCUT2D eigenvalue weighted by Gasteiger charge is -2.45. The van der Waals surface area contributed by atoms with Gasteiger partial charge in [-0.1, -0.05) is 12.1 Å². The number of piperidine rings is 3. The molecular formula is C28H31FN6O2. The Hall–Kier alpha value is -3.59. The number of rotatable bonds is 7. The van der Waals surface area contributed by atoms with Crippen LogP contribution in [0, 0.1) is 18.7 Å². The second-order valence-corrected chi connectivity index (χ2v) is 9.93. The number of methoxy groups -OCH3 is 1. The first-order valence-corrected chi connectivity index (χ1v) is 12.9. The molecule has 3 fully saturated rings. The molecule has 3 aliphatic rings. The summed E-state index contributed by atoms with van der Waals surface area (Å²) in [5.41, 5.74) is 4.86. The molecule has 0 amide bonds. The summed E-state index contributed by atoms with van der Waals surface area (Å²) in [7, 11) is 1.71. The maximum atomic E-state index is 14.1. The molecule has 37 heavy (non-hydrogen) atoms. The van der Waals surface area contributed by atoms with Gasteiger partial charge in [0, 0.05) is 23.9 Å². The summed E-state index contributed by atoms with van der Waals surface area (Å²) < 4.78 is 27.6. The molecule has 1 atom stereocenters. The first kappa shape index (κ1) is 23.8. The average Bonchev–Trinajstić information content (AvgIpc) is 3.28. The molecule has 9 heteroatoms. The lowest BCUT2D eigenvalue weighted by atomic mass is 9.75. The maximum absolute atomic E-state index is 14.1. The maximum Gasteiger partial charge on any atom is 0.318 e. The Kier molecular flexibility index (Phi) is 6.24. The molecule has 1 unspecified atom stereocenters. The molecular weight excluding hydrogens is 471 g/mol. The molecule has 192 valence electrons. The monoisotopic (exact) mass is 502 g/mol. The summed E-state index contributed by atoms with van der Waals surface area (Å²) in [5, 5.41) is 0. The van der Waals surface area contributed by atoms with E-state index in [1.165, 1.54) is 43.8 Å². The van der Waals surface area contributed by atoms with Gasteiger partial charge >= 0.3 is 6.01 Å². The van der Waals surface area contributed by atoms with Crippen molar-refractivity contribution in [2.75, 3.05) is 33.4 Å². The van der Waals surface area contributed by atoms with E-state index in [1.807, 2.05) is 18.4 Å². The summed E-state index contributed by atoms with van der Waals surface area (Å²) in [6.07, 6.45) is 5.33. The molecule has 1 aromatic carbocycles. The number of fused-ring (bicyclic) bond motifs is 4. The standard InChI is InChI=1S/C28H31FN6O2/c1-4-37-28-31-17(2)25-27(33-28)35(26(32-25)21-11-22(29)14-30-13-21)15-20-6-5-19(12-24(20)36-3)23-16-34-9-7-18(23)8-10-34/h5-6,11-14,18,23H,4,7-10,15-16H2,1-3H3. The van der Waals surface area contributed by atoms with E-state index in [0.717, 1.165) is 23.8 Å². The highest BCUT2D eigenvalue weighted by Gasteiger charge is 2.35. The summed E-state index contributed by atoms with van der Waals surface area (Å²) >= 11 is 0. The van der Waals surface area contributed by atoms with Gasteiger partial charge < -0.3 is 18.9 Å². The predicted octanol–water partition coefficient (Wildman–Crippen LogP) is 4.60. The third kappa shape index (κ3) is 4.41. The van der Waals surface area contributed by atoms with E-state index >= 15 is 0 Å². The highest BCUT2D eigenvalue weighted by molar-refractivity contribution is 5.79. The van der Waals surface area contributed by atoms with E-state index < -0.39 is 5.82 Å². The molecule has 0 aliphatic carbocycles. The fraction of sp³-hybridized carbons (Fsp3) is 0.429. The van der Waals surface area contributed by atoms with Gasteiger partial charge in [-0.3, -0.25) is 4.98 Å². The third-order valence-electron chi connectivity index (χ3n) is 7.71. The molecule has 0 spiro atoms. The lowest BCUT2D eigenvalue weighted by molar-refractivity contribution is 0.0870. The second kappa shape index (κ2) is 9.70. The number of aromatic nitrogens is 5. The van der Waals surface area contributed by atoms with Gasteiger partial charge in [-0.05, 0) is 69.3 Å². The van der Waals surface area contributed by atoms with Crippen molar-refractivity contribution in [2.24, 2.45) is 5.92 Å². The Morgan fingerprint density at radius 3 is 2.62 bits per heavy atom. The minimum Gasteiger partial charge on any atom is -0.496 e. The van der Waals surface area contributed by atoms with Crippen LogP contribution in [0.4, 0.5) is 4.39 Å². The van der Waals surface area contributed by atoms with Crippen LogP contribution in [-0.2, 0) is 6.54 Å². The van der Waals surface area contributed by atoms with Gasteiger partial charge in [0.15, 0.2) is 5.65 Å². The molecule has 8 nitrogen and oxygen atoms in total. The van der Waals surface area contributed by atoms with Crippen molar-refractivity contribution < 1.29 is 13.9 Å². The van der Waals surface area contributed by atoms with Crippen LogP contribution in [0.25, 0.3) is 22.6 Å². The molecule has 3 aliphatic heterocycles. The van der Waals surface area contributed by atoms with Gasteiger partial charge in [-0.15, -0.1) is 0 Å². The van der Waals surface area contributed by atoms with Crippen LogP contribution in [0.3, 0.4) is 0 Å². The zero-order chi connectivity index (χ0) is 25.5. The van der Waals surface area contributed by atoms with Gasteiger partial charge in [0.25, 0.3) is 0 Å². The highest BCUT2D eigenvalue weighted by atomic mass is 19.1. The number of hydrogen-bond donors (Lipinski definition) is 0. The summed E-state index contributed by atoms with van der Waals surface area (Å²) in [4.78, 5) is 20.6. The summed E-state index contributed by atoms with van der Waals surface area (Å²) in [5.74, 6) is 2.25. The van der Waals surface area contributed by atoms with Gasteiger partial charge in [-0.2, -0.15) is 9.97 Å². The van der Waals surface area contributed by atoms with E-state index in [2.05, 4.69) is 38.1 Å². The van der Waals surface area contributed by atoms with Crippen LogP contribution in [0.1, 0.15) is 42.5 Å². The summed E-state index contributed by atoms with van der Waals surface area (Å²) in [6.45, 7) is 8.21. The second-order valence-electron chi connectivity index (χ2n) is 9.93. The van der Waals surface area contributed by atoms with Crippen molar-refractivity contribution in [1.29, 1.82) is 0 Å². The molecule has 0 N–H and O–H groups in total. The number of halogens is 1. The first-order chi connectivity index (χ1) is 18.0. The minimum absolute atomic E-state index is 0.294. The average molecular weight is 503 g/mol. The molecule has 3 aromatic heterocycles. The Labute approximate surface area is 215 Å². The van der Waals surface area contributed by atoms with E-state index in [9.17, 15) is 4.39 Å². The number of hydrogen-bond acceptors (Lipinski definition) is 7. The number of imidazole rings is 1. The van der Waals surface area contributed by atoms with Gasteiger partial charge in [0.05, 0.1) is 32.2 Å². The van der Waals surface area contributed by atoms with Gasteiger partial charge in [-0.25, -0.2) is 9.37 Å². The molecule has 0 radical (unpaired) electrons. The molecule has 4 aromatic rings. The van der Waals surface area contributed by atoms with Crippen molar-refractivity contribution in [1.82, 2.24) is 29.4 Å². The Morgan fingerprint density at radius 2 is 1.92 bits per heavy atom. The zero-order valence-corrected chi connectivity index (χ0v) is 21.4. The molecule has 0 saturated carbocycles. The molecule has 7 rings (SSSR count). The van der Waals surface area contributed by atoms with Crippen LogP contribution in [0.2, 0.25) is 0 Å². The van der Waals surface area contributed by atoms with Crippen LogP contribution < -0.4 is 9.47 Å². The number of pyridine rings is 1. The number of aryl methyl sites for hydroxylation is 1. The van der Waals surface area contributed by atoms with Crippen molar-refractivity contribution in [3.05, 3.63) is 59.3 Å². The van der Waals surface area contributed by atoms with Crippen molar-refractivity contribution >= 4 is 11.2 Å². The highest BCUT2D eigenvalue weighted by Crippen LogP contribution is 2.40. The minimum atomic E-state index is -0.423. The fourth-order valence-electron chi connectivity index (χ4n) is 5.85. The quantitative estimate of drug-likeness (QED) is 0.365.